The summed E-state index contributed by atoms with van der Waals surface area (Å²) in [5, 5.41) is 11.3. The zero-order chi connectivity index (χ0) is 10.8. The summed E-state index contributed by atoms with van der Waals surface area (Å²) >= 11 is 0. The first kappa shape index (κ1) is 11.0. The molecular weight excluding hydrogens is 184 g/mol. The predicted molar refractivity (Wildman–Crippen MR) is 50.6 cm³/mol. The van der Waals surface area contributed by atoms with Gasteiger partial charge in [0.25, 0.3) is 0 Å². The molecule has 0 saturated heterocycles. The number of hydrogen-bond donors (Lipinski definition) is 3. The Morgan fingerprint density at radius 1 is 1.57 bits per heavy atom. The maximum Gasteiger partial charge on any atom is 0.329 e. The molecule has 1 aliphatic carbocycles. The Morgan fingerprint density at radius 2 is 2.14 bits per heavy atom. The molecule has 5 nitrogen and oxygen atoms in total. The Morgan fingerprint density at radius 3 is 2.50 bits per heavy atom. The zero-order valence-corrected chi connectivity index (χ0v) is 8.25. The third-order valence-electron chi connectivity index (χ3n) is 2.47. The topological polar surface area (TPSA) is 92.4 Å². The summed E-state index contributed by atoms with van der Waals surface area (Å²) in [6.07, 6.45) is 1.36. The van der Waals surface area contributed by atoms with Crippen molar-refractivity contribution in [2.75, 3.05) is 6.54 Å². The van der Waals surface area contributed by atoms with Crippen LogP contribution >= 0.6 is 0 Å². The first-order valence-electron chi connectivity index (χ1n) is 4.74. The van der Waals surface area contributed by atoms with Crippen molar-refractivity contribution in [1.82, 2.24) is 5.32 Å². The third-order valence-corrected chi connectivity index (χ3v) is 2.47. The molecule has 1 fully saturated rings. The van der Waals surface area contributed by atoms with Crippen molar-refractivity contribution in [1.29, 1.82) is 0 Å². The minimum absolute atomic E-state index is 0.0968. The Labute approximate surface area is 82.7 Å². The molecule has 0 aromatic rings. The highest BCUT2D eigenvalue weighted by Crippen LogP contribution is 2.35. The number of carboxylic acids is 1. The van der Waals surface area contributed by atoms with Gasteiger partial charge in [0.05, 0.1) is 0 Å². The molecule has 0 aromatic carbocycles. The molecule has 80 valence electrons. The lowest BCUT2D eigenvalue weighted by molar-refractivity contribution is -0.143. The maximum atomic E-state index is 11.3. The van der Waals surface area contributed by atoms with Gasteiger partial charge in [0.15, 0.2) is 0 Å². The van der Waals surface area contributed by atoms with Gasteiger partial charge in [-0.25, -0.2) is 4.79 Å². The predicted octanol–water partition coefficient (Wildman–Crippen LogP) is -0.295. The van der Waals surface area contributed by atoms with Crippen molar-refractivity contribution in [3.05, 3.63) is 0 Å². The van der Waals surface area contributed by atoms with Crippen LogP contribution in [-0.2, 0) is 9.59 Å². The second-order valence-corrected chi connectivity index (χ2v) is 3.98. The van der Waals surface area contributed by atoms with E-state index in [4.69, 9.17) is 10.8 Å². The van der Waals surface area contributed by atoms with Gasteiger partial charge in [-0.3, -0.25) is 4.79 Å². The molecule has 0 radical (unpaired) electrons. The van der Waals surface area contributed by atoms with Gasteiger partial charge in [0, 0.05) is 6.42 Å². The van der Waals surface area contributed by atoms with Gasteiger partial charge in [-0.15, -0.1) is 0 Å². The van der Waals surface area contributed by atoms with Gasteiger partial charge in [-0.2, -0.15) is 0 Å². The second-order valence-electron chi connectivity index (χ2n) is 3.98. The minimum Gasteiger partial charge on any atom is -0.480 e. The summed E-state index contributed by atoms with van der Waals surface area (Å²) in [5.41, 5.74) is 4.40. The minimum atomic E-state index is -0.967. The van der Waals surface area contributed by atoms with E-state index in [1.165, 1.54) is 0 Å². The van der Waals surface area contributed by atoms with Crippen LogP contribution in [0.15, 0.2) is 0 Å². The number of hydrogen-bond acceptors (Lipinski definition) is 3. The first-order valence-corrected chi connectivity index (χ1v) is 4.74. The Bertz CT molecular complexity index is 248. The summed E-state index contributed by atoms with van der Waals surface area (Å²) in [7, 11) is 0. The zero-order valence-electron chi connectivity index (χ0n) is 8.25. The van der Waals surface area contributed by atoms with Crippen LogP contribution in [0, 0.1) is 5.92 Å². The number of carbonyl (C=O) groups excluding carboxylic acids is 1. The van der Waals surface area contributed by atoms with Gasteiger partial charge < -0.3 is 16.2 Å². The molecule has 0 aromatic heterocycles. The molecule has 1 unspecified atom stereocenters. The van der Waals surface area contributed by atoms with E-state index in [1.54, 1.807) is 0 Å². The standard InChI is InChI=1S/C9H16N2O3/c1-6(5-10)4-7(12)11-9(2-3-9)8(13)14/h6H,2-5,10H2,1H3,(H,11,12)(H,13,14). The highest BCUT2D eigenvalue weighted by atomic mass is 16.4. The van der Waals surface area contributed by atoms with Crippen LogP contribution in [0.2, 0.25) is 0 Å². The van der Waals surface area contributed by atoms with Crippen molar-refractivity contribution in [2.45, 2.75) is 31.7 Å². The van der Waals surface area contributed by atoms with E-state index in [0.717, 1.165) is 0 Å². The van der Waals surface area contributed by atoms with Crippen LogP contribution in [0.3, 0.4) is 0 Å². The molecule has 1 amide bonds. The number of carbonyl (C=O) groups is 2. The van der Waals surface area contributed by atoms with Crippen LogP contribution in [0.25, 0.3) is 0 Å². The fourth-order valence-corrected chi connectivity index (χ4v) is 1.24. The molecule has 1 aliphatic rings. The monoisotopic (exact) mass is 200 g/mol. The van der Waals surface area contributed by atoms with Gasteiger partial charge >= 0.3 is 5.97 Å². The van der Waals surface area contributed by atoms with E-state index < -0.39 is 11.5 Å². The molecular formula is C9H16N2O3. The van der Waals surface area contributed by atoms with Gasteiger partial charge in [-0.1, -0.05) is 6.92 Å². The normalized spacial score (nSPS) is 19.9. The summed E-state index contributed by atoms with van der Waals surface area (Å²) in [5.74, 6) is -1.06. The van der Waals surface area contributed by atoms with Crippen molar-refractivity contribution >= 4 is 11.9 Å². The van der Waals surface area contributed by atoms with E-state index in [1.807, 2.05) is 6.92 Å². The van der Waals surface area contributed by atoms with Crippen molar-refractivity contribution in [2.24, 2.45) is 11.7 Å². The fraction of sp³-hybridized carbons (Fsp3) is 0.778. The van der Waals surface area contributed by atoms with Crippen LogP contribution in [-0.4, -0.2) is 29.1 Å². The van der Waals surface area contributed by atoms with E-state index >= 15 is 0 Å². The van der Waals surface area contributed by atoms with E-state index in [0.29, 0.717) is 25.8 Å². The summed E-state index contributed by atoms with van der Waals surface area (Å²) < 4.78 is 0. The lowest BCUT2D eigenvalue weighted by atomic mass is 10.1. The smallest absolute Gasteiger partial charge is 0.329 e. The summed E-state index contributed by atoms with van der Waals surface area (Å²) in [6, 6.07) is 0. The van der Waals surface area contributed by atoms with Gasteiger partial charge in [0.1, 0.15) is 5.54 Å². The number of nitrogens with one attached hydrogen (secondary N) is 1. The van der Waals surface area contributed by atoms with E-state index in [-0.39, 0.29) is 11.8 Å². The third kappa shape index (κ3) is 2.45. The Kier molecular flexibility index (Phi) is 3.10. The maximum absolute atomic E-state index is 11.3. The van der Waals surface area contributed by atoms with Crippen LogP contribution in [0.1, 0.15) is 26.2 Å². The largest absolute Gasteiger partial charge is 0.480 e. The first-order chi connectivity index (χ1) is 6.50. The summed E-state index contributed by atoms with van der Waals surface area (Å²) in [4.78, 5) is 22.1. The molecule has 0 bridgehead atoms. The Hall–Kier alpha value is -1.10. The van der Waals surface area contributed by atoms with Crippen LogP contribution < -0.4 is 11.1 Å². The quantitative estimate of drug-likeness (QED) is 0.568. The molecule has 0 aliphatic heterocycles. The Balaban J connectivity index is 2.38. The highest BCUT2D eigenvalue weighted by Gasteiger charge is 2.51. The van der Waals surface area contributed by atoms with Crippen molar-refractivity contribution in [3.8, 4) is 0 Å². The number of carboxylic acid groups (broad SMARTS) is 1. The average molecular weight is 200 g/mol. The molecule has 5 heteroatoms. The fourth-order valence-electron chi connectivity index (χ4n) is 1.24. The van der Waals surface area contributed by atoms with Crippen LogP contribution in [0.5, 0.6) is 0 Å². The molecule has 4 N–H and O–H groups in total. The highest BCUT2D eigenvalue weighted by molar-refractivity contribution is 5.89. The second kappa shape index (κ2) is 3.96. The number of nitrogens with two attached hydrogens (primary N) is 1. The lowest BCUT2D eigenvalue weighted by Gasteiger charge is -2.14. The van der Waals surface area contributed by atoms with E-state index in [2.05, 4.69) is 5.32 Å². The van der Waals surface area contributed by atoms with Gasteiger partial charge in [0.2, 0.25) is 5.91 Å². The molecule has 0 spiro atoms. The van der Waals surface area contributed by atoms with Crippen molar-refractivity contribution in [3.63, 3.8) is 0 Å². The average Bonchev–Trinajstić information content (AvgIpc) is 2.85. The van der Waals surface area contributed by atoms with E-state index in [9.17, 15) is 9.59 Å². The molecule has 0 heterocycles. The molecule has 1 rings (SSSR count). The number of aliphatic carboxylic acids is 1. The molecule has 1 saturated carbocycles. The van der Waals surface area contributed by atoms with Crippen LogP contribution in [0.4, 0.5) is 0 Å². The lowest BCUT2D eigenvalue weighted by Crippen LogP contribution is -2.43. The van der Waals surface area contributed by atoms with Gasteiger partial charge in [-0.05, 0) is 25.3 Å². The number of amides is 1. The number of rotatable bonds is 5. The molecule has 1 atom stereocenters. The SMILES string of the molecule is CC(CN)CC(=O)NC1(C(=O)O)CC1. The summed E-state index contributed by atoms with van der Waals surface area (Å²) in [6.45, 7) is 2.30. The molecule has 14 heavy (non-hydrogen) atoms. The van der Waals surface area contributed by atoms with Crippen molar-refractivity contribution < 1.29 is 14.7 Å².